The highest BCUT2D eigenvalue weighted by atomic mass is 16.3. The lowest BCUT2D eigenvalue weighted by Gasteiger charge is -2.26. The minimum Gasteiger partial charge on any atom is -0.454 e. The van der Waals surface area contributed by atoms with Crippen molar-refractivity contribution in [3.05, 3.63) is 146 Å². The van der Waals surface area contributed by atoms with E-state index in [-0.39, 0.29) is 0 Å². The third-order valence-corrected chi connectivity index (χ3v) is 7.68. The van der Waals surface area contributed by atoms with Crippen molar-refractivity contribution in [2.24, 2.45) is 0 Å². The zero-order valence-corrected chi connectivity index (χ0v) is 21.7. The summed E-state index contributed by atoms with van der Waals surface area (Å²) >= 11 is 0. The molecule has 0 bridgehead atoms. The van der Waals surface area contributed by atoms with Gasteiger partial charge in [0.2, 0.25) is 0 Å². The third kappa shape index (κ3) is 3.71. The van der Waals surface area contributed by atoms with Crippen LogP contribution in [0.15, 0.2) is 150 Å². The molecule has 3 nitrogen and oxygen atoms in total. The van der Waals surface area contributed by atoms with Crippen LogP contribution in [0.5, 0.6) is 0 Å². The number of furan rings is 1. The molecule has 0 N–H and O–H groups in total. The molecule has 0 spiro atoms. The summed E-state index contributed by atoms with van der Waals surface area (Å²) < 4.78 is 6.23. The molecule has 40 heavy (non-hydrogen) atoms. The number of para-hydroxylation sites is 1. The third-order valence-electron chi connectivity index (χ3n) is 7.68. The molecule has 0 aliphatic rings. The predicted molar refractivity (Wildman–Crippen MR) is 167 cm³/mol. The van der Waals surface area contributed by atoms with Crippen LogP contribution in [0.1, 0.15) is 0 Å². The lowest BCUT2D eigenvalue weighted by molar-refractivity contribution is 0.668. The van der Waals surface area contributed by atoms with Crippen LogP contribution in [0.4, 0.5) is 17.1 Å². The van der Waals surface area contributed by atoms with Crippen molar-refractivity contribution < 1.29 is 4.42 Å². The quantitative estimate of drug-likeness (QED) is 0.220. The number of fused-ring (bicyclic) bond motifs is 6. The summed E-state index contributed by atoms with van der Waals surface area (Å²) in [5, 5.41) is 5.94. The Bertz CT molecular complexity index is 2160. The van der Waals surface area contributed by atoms with Crippen LogP contribution in [-0.4, -0.2) is 4.98 Å². The van der Waals surface area contributed by atoms with E-state index in [0.717, 1.165) is 39.1 Å². The smallest absolute Gasteiger partial charge is 0.155 e. The summed E-state index contributed by atoms with van der Waals surface area (Å²) in [6.07, 6.45) is 1.95. The monoisotopic (exact) mass is 512 g/mol. The molecular weight excluding hydrogens is 488 g/mol. The van der Waals surface area contributed by atoms with Gasteiger partial charge in [0.15, 0.2) is 5.58 Å². The van der Waals surface area contributed by atoms with E-state index >= 15 is 0 Å². The highest BCUT2D eigenvalue weighted by Gasteiger charge is 2.17. The molecule has 3 heteroatoms. The van der Waals surface area contributed by atoms with E-state index < -0.39 is 0 Å². The number of anilines is 3. The van der Waals surface area contributed by atoms with Crippen LogP contribution in [0.2, 0.25) is 0 Å². The van der Waals surface area contributed by atoms with Crippen LogP contribution >= 0.6 is 0 Å². The minimum absolute atomic E-state index is 0.774. The number of nitrogens with zero attached hydrogens (tertiary/aromatic N) is 2. The van der Waals surface area contributed by atoms with Gasteiger partial charge < -0.3 is 9.32 Å². The Balaban J connectivity index is 1.33. The van der Waals surface area contributed by atoms with Crippen LogP contribution in [0.25, 0.3) is 54.7 Å². The first-order valence-corrected chi connectivity index (χ1v) is 13.5. The van der Waals surface area contributed by atoms with Gasteiger partial charge >= 0.3 is 0 Å². The summed E-state index contributed by atoms with van der Waals surface area (Å²) in [4.78, 5) is 7.14. The van der Waals surface area contributed by atoms with Gasteiger partial charge in [-0.2, -0.15) is 0 Å². The average Bonchev–Trinajstić information content (AvgIpc) is 3.40. The lowest BCUT2D eigenvalue weighted by atomic mass is 10.0. The number of benzene rings is 6. The Morgan fingerprint density at radius 1 is 0.450 bits per heavy atom. The SMILES string of the molecule is c1ccc(-c2ccc(N(c3cnc4c(c3)oc3ccccc34)c3ccc4ccc5ccccc5c4c3)cc2)cc1. The van der Waals surface area contributed by atoms with Crippen LogP contribution in [0, 0.1) is 0 Å². The molecular formula is C37H24N2O. The average molecular weight is 513 g/mol. The van der Waals surface area contributed by atoms with E-state index in [2.05, 4.69) is 120 Å². The van der Waals surface area contributed by atoms with Crippen molar-refractivity contribution in [2.45, 2.75) is 0 Å². The standard InChI is InChI=1S/C37H24N2O/c1-2-8-25(9-3-1)26-16-19-29(20-17-26)39(31-23-36-37(38-24-31)33-12-6-7-13-35(33)40-36)30-21-18-28-15-14-27-10-4-5-11-32(27)34(28)22-30/h1-24H. The van der Waals surface area contributed by atoms with E-state index in [0.29, 0.717) is 0 Å². The zero-order chi connectivity index (χ0) is 26.5. The molecule has 6 aromatic carbocycles. The summed E-state index contributed by atoms with van der Waals surface area (Å²) in [5.41, 5.74) is 7.93. The van der Waals surface area contributed by atoms with Crippen molar-refractivity contribution in [3.63, 3.8) is 0 Å². The van der Waals surface area contributed by atoms with E-state index in [1.165, 1.54) is 32.7 Å². The van der Waals surface area contributed by atoms with Crippen molar-refractivity contribution >= 4 is 60.7 Å². The van der Waals surface area contributed by atoms with Gasteiger partial charge in [-0.05, 0) is 69.1 Å². The molecule has 0 saturated carbocycles. The molecule has 0 radical (unpaired) electrons. The van der Waals surface area contributed by atoms with E-state index in [4.69, 9.17) is 9.40 Å². The van der Waals surface area contributed by atoms with Gasteiger partial charge in [-0.1, -0.05) is 97.1 Å². The molecule has 0 unspecified atom stereocenters. The first-order chi connectivity index (χ1) is 19.8. The number of hydrogen-bond donors (Lipinski definition) is 0. The van der Waals surface area contributed by atoms with Crippen molar-refractivity contribution in [1.29, 1.82) is 0 Å². The van der Waals surface area contributed by atoms with Crippen molar-refractivity contribution in [2.75, 3.05) is 4.90 Å². The second-order valence-corrected chi connectivity index (χ2v) is 10.1. The van der Waals surface area contributed by atoms with Gasteiger partial charge in [0.25, 0.3) is 0 Å². The van der Waals surface area contributed by atoms with Gasteiger partial charge in [-0.15, -0.1) is 0 Å². The van der Waals surface area contributed by atoms with E-state index in [1.54, 1.807) is 0 Å². The van der Waals surface area contributed by atoms with Gasteiger partial charge in [-0.25, -0.2) is 4.98 Å². The van der Waals surface area contributed by atoms with Gasteiger partial charge in [0, 0.05) is 22.8 Å². The van der Waals surface area contributed by atoms with Gasteiger partial charge in [0.05, 0.1) is 11.9 Å². The molecule has 8 rings (SSSR count). The maximum atomic E-state index is 6.23. The number of rotatable bonds is 4. The van der Waals surface area contributed by atoms with Crippen LogP contribution in [-0.2, 0) is 0 Å². The van der Waals surface area contributed by atoms with E-state index in [1.807, 2.05) is 30.5 Å². The molecule has 2 aromatic heterocycles. The molecule has 0 aliphatic heterocycles. The Labute approximate surface area is 231 Å². The molecule has 0 aliphatic carbocycles. The largest absolute Gasteiger partial charge is 0.454 e. The number of hydrogen-bond acceptors (Lipinski definition) is 3. The molecule has 0 fully saturated rings. The van der Waals surface area contributed by atoms with Gasteiger partial charge in [-0.3, -0.25) is 0 Å². The van der Waals surface area contributed by atoms with Crippen LogP contribution < -0.4 is 4.90 Å². The molecule has 0 atom stereocenters. The molecule has 188 valence electrons. The second-order valence-electron chi connectivity index (χ2n) is 10.1. The topological polar surface area (TPSA) is 29.3 Å². The fourth-order valence-electron chi connectivity index (χ4n) is 5.72. The molecule has 8 aromatic rings. The first kappa shape index (κ1) is 22.6. The highest BCUT2D eigenvalue weighted by Crippen LogP contribution is 2.40. The van der Waals surface area contributed by atoms with Crippen molar-refractivity contribution in [3.8, 4) is 11.1 Å². The van der Waals surface area contributed by atoms with Crippen molar-refractivity contribution in [1.82, 2.24) is 4.98 Å². The molecule has 2 heterocycles. The Morgan fingerprint density at radius 2 is 1.10 bits per heavy atom. The van der Waals surface area contributed by atoms with Gasteiger partial charge in [0.1, 0.15) is 11.1 Å². The Morgan fingerprint density at radius 3 is 1.95 bits per heavy atom. The highest BCUT2D eigenvalue weighted by molar-refractivity contribution is 6.09. The number of aromatic nitrogens is 1. The maximum absolute atomic E-state index is 6.23. The minimum atomic E-state index is 0.774. The maximum Gasteiger partial charge on any atom is 0.155 e. The summed E-state index contributed by atoms with van der Waals surface area (Å²) in [5.74, 6) is 0. The number of pyridine rings is 1. The Hall–Kier alpha value is -5.41. The summed E-state index contributed by atoms with van der Waals surface area (Å²) in [6.45, 7) is 0. The fraction of sp³-hybridized carbons (Fsp3) is 0. The predicted octanol–water partition coefficient (Wildman–Crippen LogP) is 10.4. The summed E-state index contributed by atoms with van der Waals surface area (Å²) in [6, 6.07) is 49.0. The molecule has 0 saturated heterocycles. The lowest BCUT2D eigenvalue weighted by Crippen LogP contribution is -2.10. The first-order valence-electron chi connectivity index (χ1n) is 13.5. The van der Waals surface area contributed by atoms with Crippen LogP contribution in [0.3, 0.4) is 0 Å². The summed E-state index contributed by atoms with van der Waals surface area (Å²) in [7, 11) is 0. The van der Waals surface area contributed by atoms with E-state index in [9.17, 15) is 0 Å². The normalized spacial score (nSPS) is 11.5. The zero-order valence-electron chi connectivity index (χ0n) is 21.7. The Kier molecular flexibility index (Phi) is 5.14. The second kappa shape index (κ2) is 9.11. The molecule has 0 amide bonds. The fourth-order valence-corrected chi connectivity index (χ4v) is 5.72.